The van der Waals surface area contributed by atoms with Gasteiger partial charge in [-0.2, -0.15) is 0 Å². The van der Waals surface area contributed by atoms with Gasteiger partial charge < -0.3 is 14.2 Å². The molecular weight excluding hydrogens is 272 g/mol. The molecule has 1 aromatic rings. The summed E-state index contributed by atoms with van der Waals surface area (Å²) in [7, 11) is 1.66. The maximum atomic E-state index is 5.54. The second kappa shape index (κ2) is 7.65. The van der Waals surface area contributed by atoms with Crippen molar-refractivity contribution >= 4 is 15.9 Å². The molecule has 0 N–H and O–H groups in total. The Morgan fingerprint density at radius 1 is 1.12 bits per heavy atom. The molecule has 0 atom stereocenters. The molecule has 90 valence electrons. The average Bonchev–Trinajstić information content (AvgIpc) is 2.28. The predicted molar refractivity (Wildman–Crippen MR) is 67.1 cm³/mol. The highest BCUT2D eigenvalue weighted by molar-refractivity contribution is 9.10. The van der Waals surface area contributed by atoms with E-state index in [1.807, 2.05) is 25.1 Å². The molecule has 0 spiro atoms. The van der Waals surface area contributed by atoms with Gasteiger partial charge >= 0.3 is 0 Å². The van der Waals surface area contributed by atoms with Crippen molar-refractivity contribution in [2.75, 3.05) is 33.5 Å². The van der Waals surface area contributed by atoms with Gasteiger partial charge in [0.25, 0.3) is 0 Å². The number of hydrogen-bond donors (Lipinski definition) is 0. The lowest BCUT2D eigenvalue weighted by atomic mass is 10.2. The normalized spacial score (nSPS) is 10.4. The Morgan fingerprint density at radius 3 is 2.56 bits per heavy atom. The van der Waals surface area contributed by atoms with Crippen LogP contribution in [0.2, 0.25) is 0 Å². The van der Waals surface area contributed by atoms with Crippen LogP contribution < -0.4 is 4.74 Å². The first kappa shape index (κ1) is 13.5. The maximum absolute atomic E-state index is 5.54. The van der Waals surface area contributed by atoms with Crippen molar-refractivity contribution in [3.05, 3.63) is 28.2 Å². The van der Waals surface area contributed by atoms with E-state index in [2.05, 4.69) is 15.9 Å². The number of ether oxygens (including phenoxy) is 3. The first-order chi connectivity index (χ1) is 7.74. The summed E-state index contributed by atoms with van der Waals surface area (Å²) < 4.78 is 16.8. The Kier molecular flexibility index (Phi) is 6.45. The summed E-state index contributed by atoms with van der Waals surface area (Å²) in [5, 5.41) is 0. The van der Waals surface area contributed by atoms with E-state index < -0.39 is 0 Å². The molecule has 0 radical (unpaired) electrons. The lowest BCUT2D eigenvalue weighted by molar-refractivity contribution is 0.0544. The van der Waals surface area contributed by atoms with Crippen molar-refractivity contribution in [2.24, 2.45) is 0 Å². The topological polar surface area (TPSA) is 27.7 Å². The highest BCUT2D eigenvalue weighted by atomic mass is 79.9. The quantitative estimate of drug-likeness (QED) is 0.722. The highest BCUT2D eigenvalue weighted by Gasteiger charge is 1.98. The molecule has 1 rings (SSSR count). The van der Waals surface area contributed by atoms with Crippen molar-refractivity contribution in [3.63, 3.8) is 0 Å². The van der Waals surface area contributed by atoms with Crippen molar-refractivity contribution in [1.29, 1.82) is 0 Å². The SMILES string of the molecule is COCCOCCOc1ccc(Br)c(C)c1. The Morgan fingerprint density at radius 2 is 1.88 bits per heavy atom. The third-order valence-corrected chi connectivity index (χ3v) is 2.95. The zero-order chi connectivity index (χ0) is 11.8. The van der Waals surface area contributed by atoms with Crippen molar-refractivity contribution in [3.8, 4) is 5.75 Å². The van der Waals surface area contributed by atoms with E-state index in [0.29, 0.717) is 26.4 Å². The van der Waals surface area contributed by atoms with E-state index in [9.17, 15) is 0 Å². The van der Waals surface area contributed by atoms with Crippen LogP contribution in [0.4, 0.5) is 0 Å². The first-order valence-electron chi connectivity index (χ1n) is 5.19. The van der Waals surface area contributed by atoms with Gasteiger partial charge in [-0.1, -0.05) is 15.9 Å². The van der Waals surface area contributed by atoms with Crippen molar-refractivity contribution in [2.45, 2.75) is 6.92 Å². The van der Waals surface area contributed by atoms with Gasteiger partial charge in [-0.25, -0.2) is 0 Å². The molecule has 3 nitrogen and oxygen atoms in total. The van der Waals surface area contributed by atoms with Gasteiger partial charge in [0.1, 0.15) is 12.4 Å². The standard InChI is InChI=1S/C12H17BrO3/c1-10-9-11(3-4-12(10)13)16-8-7-15-6-5-14-2/h3-4,9H,5-8H2,1-2H3. The summed E-state index contributed by atoms with van der Waals surface area (Å²) in [6, 6.07) is 5.92. The summed E-state index contributed by atoms with van der Waals surface area (Å²) in [5.74, 6) is 0.871. The van der Waals surface area contributed by atoms with Crippen LogP contribution in [0.3, 0.4) is 0 Å². The molecule has 0 aliphatic carbocycles. The van der Waals surface area contributed by atoms with Crippen molar-refractivity contribution in [1.82, 2.24) is 0 Å². The number of aryl methyl sites for hydroxylation is 1. The monoisotopic (exact) mass is 288 g/mol. The number of methoxy groups -OCH3 is 1. The van der Waals surface area contributed by atoms with Crippen LogP contribution in [0.1, 0.15) is 5.56 Å². The van der Waals surface area contributed by atoms with E-state index in [1.165, 1.54) is 0 Å². The van der Waals surface area contributed by atoms with Crippen molar-refractivity contribution < 1.29 is 14.2 Å². The molecule has 0 saturated carbocycles. The van der Waals surface area contributed by atoms with Crippen LogP contribution in [-0.4, -0.2) is 33.5 Å². The molecule has 0 heterocycles. The lowest BCUT2D eigenvalue weighted by Gasteiger charge is -2.08. The first-order valence-corrected chi connectivity index (χ1v) is 5.99. The summed E-state index contributed by atoms with van der Waals surface area (Å²) in [5.41, 5.74) is 1.16. The van der Waals surface area contributed by atoms with Crippen LogP contribution in [0.25, 0.3) is 0 Å². The molecule has 0 aromatic heterocycles. The number of rotatable bonds is 7. The third-order valence-electron chi connectivity index (χ3n) is 2.06. The molecular formula is C12H17BrO3. The fourth-order valence-electron chi connectivity index (χ4n) is 1.17. The van der Waals surface area contributed by atoms with Gasteiger partial charge in [0, 0.05) is 11.6 Å². The van der Waals surface area contributed by atoms with Crippen LogP contribution >= 0.6 is 15.9 Å². The minimum absolute atomic E-state index is 0.560. The summed E-state index contributed by atoms with van der Waals surface area (Å²) in [4.78, 5) is 0. The minimum Gasteiger partial charge on any atom is -0.491 e. The molecule has 16 heavy (non-hydrogen) atoms. The maximum Gasteiger partial charge on any atom is 0.119 e. The molecule has 0 aliphatic rings. The highest BCUT2D eigenvalue weighted by Crippen LogP contribution is 2.21. The van der Waals surface area contributed by atoms with Crippen LogP contribution in [0.5, 0.6) is 5.75 Å². The largest absolute Gasteiger partial charge is 0.491 e. The molecule has 0 unspecified atom stereocenters. The second-order valence-corrected chi connectivity index (χ2v) is 4.22. The summed E-state index contributed by atoms with van der Waals surface area (Å²) >= 11 is 3.45. The number of halogens is 1. The van der Waals surface area contributed by atoms with Gasteiger partial charge in [0.15, 0.2) is 0 Å². The van der Waals surface area contributed by atoms with Gasteiger partial charge in [0.2, 0.25) is 0 Å². The molecule has 4 heteroatoms. The van der Waals surface area contributed by atoms with E-state index in [-0.39, 0.29) is 0 Å². The Balaban J connectivity index is 2.19. The fourth-order valence-corrected chi connectivity index (χ4v) is 1.42. The number of hydrogen-bond acceptors (Lipinski definition) is 3. The number of benzene rings is 1. The Bertz CT molecular complexity index is 315. The Labute approximate surface area is 105 Å². The predicted octanol–water partition coefficient (Wildman–Crippen LogP) is 2.80. The van der Waals surface area contributed by atoms with E-state index in [0.717, 1.165) is 15.8 Å². The zero-order valence-corrected chi connectivity index (χ0v) is 11.2. The van der Waals surface area contributed by atoms with Gasteiger partial charge in [-0.3, -0.25) is 0 Å². The van der Waals surface area contributed by atoms with Gasteiger partial charge in [-0.15, -0.1) is 0 Å². The van der Waals surface area contributed by atoms with E-state index in [1.54, 1.807) is 7.11 Å². The van der Waals surface area contributed by atoms with Crippen LogP contribution in [-0.2, 0) is 9.47 Å². The van der Waals surface area contributed by atoms with Gasteiger partial charge in [0.05, 0.1) is 19.8 Å². The summed E-state index contributed by atoms with van der Waals surface area (Å²) in [6.07, 6.45) is 0. The molecule has 0 bridgehead atoms. The Hall–Kier alpha value is -0.580. The lowest BCUT2D eigenvalue weighted by Crippen LogP contribution is -2.10. The minimum atomic E-state index is 0.560. The molecule has 0 fully saturated rings. The molecule has 0 saturated heterocycles. The smallest absolute Gasteiger partial charge is 0.119 e. The molecule has 0 amide bonds. The van der Waals surface area contributed by atoms with Gasteiger partial charge in [-0.05, 0) is 30.7 Å². The van der Waals surface area contributed by atoms with E-state index in [4.69, 9.17) is 14.2 Å². The summed E-state index contributed by atoms with van der Waals surface area (Å²) in [6.45, 7) is 4.41. The molecule has 0 aliphatic heterocycles. The van der Waals surface area contributed by atoms with Crippen LogP contribution in [0.15, 0.2) is 22.7 Å². The van der Waals surface area contributed by atoms with Crippen LogP contribution in [0, 0.1) is 6.92 Å². The third kappa shape index (κ3) is 4.96. The fraction of sp³-hybridized carbons (Fsp3) is 0.500. The molecule has 1 aromatic carbocycles. The average molecular weight is 289 g/mol. The second-order valence-electron chi connectivity index (χ2n) is 3.36. The zero-order valence-electron chi connectivity index (χ0n) is 9.66. The van der Waals surface area contributed by atoms with E-state index >= 15 is 0 Å².